The van der Waals surface area contributed by atoms with E-state index in [0.717, 1.165) is 32.1 Å². The van der Waals surface area contributed by atoms with Gasteiger partial charge in [0, 0.05) is 25.7 Å². The first-order valence-corrected chi connectivity index (χ1v) is 9.36. The monoisotopic (exact) mass is 318 g/mol. The summed E-state index contributed by atoms with van der Waals surface area (Å²) in [6.07, 6.45) is 5.70. The standard InChI is InChI=1S/C14H26N2O4S/c1-2-13-6-4-3-5-9-16(13)21(19,20)15-10-7-12(8-11-15)14(17)18/h12-13H,2-11H2,1H3,(H,17,18). The largest absolute Gasteiger partial charge is 0.481 e. The number of aliphatic carboxylic acids is 1. The van der Waals surface area contributed by atoms with Gasteiger partial charge in [-0.05, 0) is 32.1 Å². The molecular formula is C14H26N2O4S. The zero-order valence-corrected chi connectivity index (χ0v) is 13.5. The first kappa shape index (κ1) is 16.7. The average molecular weight is 318 g/mol. The van der Waals surface area contributed by atoms with Crippen molar-refractivity contribution in [3.8, 4) is 0 Å². The van der Waals surface area contributed by atoms with Gasteiger partial charge in [0.2, 0.25) is 0 Å². The van der Waals surface area contributed by atoms with Gasteiger partial charge in [-0.2, -0.15) is 17.0 Å². The van der Waals surface area contributed by atoms with E-state index in [1.165, 1.54) is 4.31 Å². The Labute approximate surface area is 127 Å². The Morgan fingerprint density at radius 3 is 2.33 bits per heavy atom. The van der Waals surface area contributed by atoms with Crippen LogP contribution in [-0.2, 0) is 15.0 Å². The van der Waals surface area contributed by atoms with Gasteiger partial charge in [-0.15, -0.1) is 0 Å². The highest BCUT2D eigenvalue weighted by Crippen LogP contribution is 2.27. The molecule has 2 rings (SSSR count). The van der Waals surface area contributed by atoms with Crippen LogP contribution in [0.1, 0.15) is 51.9 Å². The second-order valence-electron chi connectivity index (χ2n) is 6.04. The van der Waals surface area contributed by atoms with E-state index in [4.69, 9.17) is 5.11 Å². The highest BCUT2D eigenvalue weighted by molar-refractivity contribution is 7.86. The van der Waals surface area contributed by atoms with Gasteiger partial charge < -0.3 is 5.11 Å². The molecule has 0 radical (unpaired) electrons. The Bertz CT molecular complexity index is 458. The van der Waals surface area contributed by atoms with Crippen molar-refractivity contribution in [3.63, 3.8) is 0 Å². The fraction of sp³-hybridized carbons (Fsp3) is 0.929. The van der Waals surface area contributed by atoms with Crippen molar-refractivity contribution in [2.75, 3.05) is 19.6 Å². The lowest BCUT2D eigenvalue weighted by atomic mass is 9.99. The van der Waals surface area contributed by atoms with Crippen LogP contribution >= 0.6 is 0 Å². The van der Waals surface area contributed by atoms with E-state index in [1.807, 2.05) is 6.92 Å². The first-order chi connectivity index (χ1) is 9.96. The molecule has 1 atom stereocenters. The Morgan fingerprint density at radius 1 is 1.10 bits per heavy atom. The number of hydrogen-bond donors (Lipinski definition) is 1. The van der Waals surface area contributed by atoms with Crippen LogP contribution in [-0.4, -0.2) is 53.8 Å². The van der Waals surface area contributed by atoms with E-state index in [0.29, 0.717) is 32.5 Å². The van der Waals surface area contributed by atoms with Crippen molar-refractivity contribution in [1.82, 2.24) is 8.61 Å². The third-order valence-electron chi connectivity index (χ3n) is 4.72. The molecule has 2 fully saturated rings. The highest BCUT2D eigenvalue weighted by Gasteiger charge is 2.37. The lowest BCUT2D eigenvalue weighted by Crippen LogP contribution is -2.51. The summed E-state index contributed by atoms with van der Waals surface area (Å²) in [7, 11) is -3.45. The minimum Gasteiger partial charge on any atom is -0.481 e. The van der Waals surface area contributed by atoms with Crippen LogP contribution in [0.5, 0.6) is 0 Å². The lowest BCUT2D eigenvalue weighted by Gasteiger charge is -2.36. The average Bonchev–Trinajstić information content (AvgIpc) is 2.72. The van der Waals surface area contributed by atoms with E-state index < -0.39 is 22.1 Å². The van der Waals surface area contributed by atoms with Gasteiger partial charge >= 0.3 is 5.97 Å². The molecule has 21 heavy (non-hydrogen) atoms. The van der Waals surface area contributed by atoms with Crippen LogP contribution in [0, 0.1) is 5.92 Å². The van der Waals surface area contributed by atoms with E-state index in [9.17, 15) is 13.2 Å². The Kier molecular flexibility index (Phi) is 5.62. The summed E-state index contributed by atoms with van der Waals surface area (Å²) in [5, 5.41) is 9.01. The van der Waals surface area contributed by atoms with E-state index in [2.05, 4.69) is 0 Å². The maximum atomic E-state index is 12.8. The normalized spacial score (nSPS) is 27.4. The number of nitrogens with zero attached hydrogens (tertiary/aromatic N) is 2. The maximum absolute atomic E-state index is 12.8. The second-order valence-corrected chi connectivity index (χ2v) is 7.92. The molecule has 6 nitrogen and oxygen atoms in total. The second kappa shape index (κ2) is 7.07. The molecule has 2 aliphatic rings. The van der Waals surface area contributed by atoms with Gasteiger partial charge in [0.25, 0.3) is 10.2 Å². The van der Waals surface area contributed by atoms with Gasteiger partial charge in [0.05, 0.1) is 5.92 Å². The molecule has 7 heteroatoms. The third kappa shape index (κ3) is 3.76. The Balaban J connectivity index is 2.08. The quantitative estimate of drug-likeness (QED) is 0.855. The zero-order chi connectivity index (χ0) is 15.5. The summed E-state index contributed by atoms with van der Waals surface area (Å²) in [6, 6.07) is 0.0923. The van der Waals surface area contributed by atoms with E-state index in [-0.39, 0.29) is 6.04 Å². The molecule has 0 spiro atoms. The molecule has 0 saturated carbocycles. The molecule has 2 aliphatic heterocycles. The molecule has 2 heterocycles. The molecular weight excluding hydrogens is 292 g/mol. The summed E-state index contributed by atoms with van der Waals surface area (Å²) >= 11 is 0. The molecule has 1 unspecified atom stereocenters. The van der Waals surface area contributed by atoms with Crippen LogP contribution in [0.3, 0.4) is 0 Å². The summed E-state index contributed by atoms with van der Waals surface area (Å²) in [5.74, 6) is -1.21. The van der Waals surface area contributed by atoms with Gasteiger partial charge in [-0.1, -0.05) is 19.8 Å². The number of carbonyl (C=O) groups is 1. The molecule has 1 N–H and O–H groups in total. The predicted molar refractivity (Wildman–Crippen MR) is 80.1 cm³/mol. The van der Waals surface area contributed by atoms with Crippen molar-refractivity contribution in [2.24, 2.45) is 5.92 Å². The maximum Gasteiger partial charge on any atom is 0.306 e. The third-order valence-corrected chi connectivity index (χ3v) is 6.81. The van der Waals surface area contributed by atoms with Crippen LogP contribution in [0.15, 0.2) is 0 Å². The van der Waals surface area contributed by atoms with Crippen LogP contribution in [0.2, 0.25) is 0 Å². The predicted octanol–water partition coefficient (Wildman–Crippen LogP) is 1.68. The fourth-order valence-electron chi connectivity index (χ4n) is 3.34. The molecule has 0 aliphatic carbocycles. The van der Waals surface area contributed by atoms with Crippen molar-refractivity contribution in [3.05, 3.63) is 0 Å². The van der Waals surface area contributed by atoms with Crippen molar-refractivity contribution in [1.29, 1.82) is 0 Å². The molecule has 0 bridgehead atoms. The Hall–Kier alpha value is -0.660. The smallest absolute Gasteiger partial charge is 0.306 e. The van der Waals surface area contributed by atoms with Crippen LogP contribution < -0.4 is 0 Å². The lowest BCUT2D eigenvalue weighted by molar-refractivity contribution is -0.142. The van der Waals surface area contributed by atoms with Gasteiger partial charge in [0.1, 0.15) is 0 Å². The topological polar surface area (TPSA) is 77.9 Å². The molecule has 2 saturated heterocycles. The van der Waals surface area contributed by atoms with Gasteiger partial charge in [0.15, 0.2) is 0 Å². The molecule has 0 aromatic rings. The SMILES string of the molecule is CCC1CCCCCN1S(=O)(=O)N1CCC(C(=O)O)CC1. The highest BCUT2D eigenvalue weighted by atomic mass is 32.2. The Morgan fingerprint density at radius 2 is 1.76 bits per heavy atom. The molecule has 122 valence electrons. The number of carboxylic acids is 1. The van der Waals surface area contributed by atoms with Crippen molar-refractivity contribution >= 4 is 16.2 Å². The minimum atomic E-state index is -3.45. The summed E-state index contributed by atoms with van der Waals surface area (Å²) in [4.78, 5) is 11.0. The zero-order valence-electron chi connectivity index (χ0n) is 12.7. The first-order valence-electron chi connectivity index (χ1n) is 7.96. The number of hydrogen-bond acceptors (Lipinski definition) is 3. The molecule has 0 amide bonds. The van der Waals surface area contributed by atoms with Gasteiger partial charge in [-0.3, -0.25) is 4.79 Å². The van der Waals surface area contributed by atoms with E-state index >= 15 is 0 Å². The van der Waals surface area contributed by atoms with Crippen LogP contribution in [0.25, 0.3) is 0 Å². The number of piperidine rings is 1. The fourth-order valence-corrected chi connectivity index (χ4v) is 5.30. The van der Waals surface area contributed by atoms with Gasteiger partial charge in [-0.25, -0.2) is 0 Å². The van der Waals surface area contributed by atoms with Crippen molar-refractivity contribution < 1.29 is 18.3 Å². The summed E-state index contributed by atoms with van der Waals surface area (Å²) < 4.78 is 28.8. The molecule has 0 aromatic carbocycles. The number of carboxylic acid groups (broad SMARTS) is 1. The summed E-state index contributed by atoms with van der Waals surface area (Å²) in [6.45, 7) is 3.29. The summed E-state index contributed by atoms with van der Waals surface area (Å²) in [5.41, 5.74) is 0. The van der Waals surface area contributed by atoms with E-state index in [1.54, 1.807) is 4.31 Å². The minimum absolute atomic E-state index is 0.0923. The van der Waals surface area contributed by atoms with Crippen LogP contribution in [0.4, 0.5) is 0 Å². The van der Waals surface area contributed by atoms with Crippen molar-refractivity contribution in [2.45, 2.75) is 57.9 Å². The molecule has 0 aromatic heterocycles. The number of rotatable bonds is 4.